The number of rotatable bonds is 3. The van der Waals surface area contributed by atoms with Crippen LogP contribution in [-0.2, 0) is 16.4 Å². The van der Waals surface area contributed by atoms with E-state index in [2.05, 4.69) is 21.2 Å². The average molecular weight is 353 g/mol. The lowest BCUT2D eigenvalue weighted by molar-refractivity contribution is 0.463. The molecule has 18 heavy (non-hydrogen) atoms. The van der Waals surface area contributed by atoms with Crippen molar-refractivity contribution in [1.29, 1.82) is 0 Å². The first-order valence-corrected chi connectivity index (χ1v) is 8.83. The molecule has 2 rings (SSSR count). The summed E-state index contributed by atoms with van der Waals surface area (Å²) in [6.07, 6.45) is 1.38. The van der Waals surface area contributed by atoms with Crippen LogP contribution in [0, 0.1) is 0 Å². The van der Waals surface area contributed by atoms with Gasteiger partial charge in [0.1, 0.15) is 9.84 Å². The fourth-order valence-electron chi connectivity index (χ4n) is 2.03. The first kappa shape index (κ1) is 14.3. The minimum Gasteiger partial charge on any atom is -0.310 e. The minimum atomic E-state index is -2.79. The van der Waals surface area contributed by atoms with Crippen molar-refractivity contribution < 1.29 is 8.42 Å². The van der Waals surface area contributed by atoms with Crippen molar-refractivity contribution in [1.82, 2.24) is 5.32 Å². The van der Waals surface area contributed by atoms with Crippen LogP contribution in [0.15, 0.2) is 22.7 Å². The lowest BCUT2D eigenvalue weighted by atomic mass is 10.1. The molecule has 1 aromatic rings. The largest absolute Gasteiger partial charge is 0.310 e. The maximum Gasteiger partial charge on any atom is 0.150 e. The van der Waals surface area contributed by atoms with Crippen LogP contribution < -0.4 is 5.32 Å². The van der Waals surface area contributed by atoms with Crippen molar-refractivity contribution >= 4 is 37.4 Å². The van der Waals surface area contributed by atoms with Crippen LogP contribution in [0.4, 0.5) is 0 Å². The molecule has 0 radical (unpaired) electrons. The van der Waals surface area contributed by atoms with Crippen molar-refractivity contribution in [3.63, 3.8) is 0 Å². The first-order chi connectivity index (χ1) is 8.46. The predicted molar refractivity (Wildman–Crippen MR) is 77.7 cm³/mol. The quantitative estimate of drug-likeness (QED) is 0.910. The highest BCUT2D eigenvalue weighted by Gasteiger charge is 2.23. The van der Waals surface area contributed by atoms with Crippen molar-refractivity contribution in [3.8, 4) is 0 Å². The Morgan fingerprint density at radius 3 is 2.67 bits per heavy atom. The first-order valence-electron chi connectivity index (χ1n) is 5.84. The average Bonchev–Trinajstić information content (AvgIpc) is 2.32. The summed E-state index contributed by atoms with van der Waals surface area (Å²) in [7, 11) is -2.79. The number of hydrogen-bond donors (Lipinski definition) is 1. The van der Waals surface area contributed by atoms with Crippen LogP contribution in [0.2, 0.25) is 5.02 Å². The van der Waals surface area contributed by atoms with Gasteiger partial charge in [0.25, 0.3) is 0 Å². The monoisotopic (exact) mass is 351 g/mol. The molecule has 100 valence electrons. The second-order valence-corrected chi connectivity index (χ2v) is 8.17. The van der Waals surface area contributed by atoms with Gasteiger partial charge in [-0.25, -0.2) is 8.42 Å². The number of benzene rings is 1. The zero-order valence-corrected chi connectivity index (χ0v) is 13.0. The van der Waals surface area contributed by atoms with Gasteiger partial charge >= 0.3 is 0 Å². The smallest absolute Gasteiger partial charge is 0.150 e. The van der Waals surface area contributed by atoms with Crippen LogP contribution in [0.3, 0.4) is 0 Å². The van der Waals surface area contributed by atoms with E-state index in [9.17, 15) is 8.42 Å². The van der Waals surface area contributed by atoms with Crippen molar-refractivity contribution in [2.24, 2.45) is 0 Å². The van der Waals surface area contributed by atoms with Gasteiger partial charge in [-0.15, -0.1) is 0 Å². The van der Waals surface area contributed by atoms with E-state index in [4.69, 9.17) is 11.6 Å². The highest BCUT2D eigenvalue weighted by molar-refractivity contribution is 9.10. The summed E-state index contributed by atoms with van der Waals surface area (Å²) in [5.41, 5.74) is 1.03. The molecule has 0 aromatic heterocycles. The van der Waals surface area contributed by atoms with E-state index in [0.29, 0.717) is 19.4 Å². The minimum absolute atomic E-state index is 0.267. The third-order valence-electron chi connectivity index (χ3n) is 3.14. The van der Waals surface area contributed by atoms with Crippen molar-refractivity contribution in [2.45, 2.75) is 25.4 Å². The second-order valence-electron chi connectivity index (χ2n) is 4.54. The van der Waals surface area contributed by atoms with Gasteiger partial charge in [0.05, 0.1) is 11.5 Å². The van der Waals surface area contributed by atoms with E-state index in [1.54, 1.807) is 0 Å². The maximum absolute atomic E-state index is 11.3. The van der Waals surface area contributed by atoms with E-state index >= 15 is 0 Å². The van der Waals surface area contributed by atoms with Gasteiger partial charge in [-0.3, -0.25) is 0 Å². The molecular weight excluding hydrogens is 338 g/mol. The van der Waals surface area contributed by atoms with Gasteiger partial charge in [0, 0.05) is 22.1 Å². The van der Waals surface area contributed by atoms with Crippen LogP contribution in [0.25, 0.3) is 0 Å². The van der Waals surface area contributed by atoms with Crippen molar-refractivity contribution in [3.05, 3.63) is 33.3 Å². The van der Waals surface area contributed by atoms with E-state index < -0.39 is 9.84 Å². The Kier molecular flexibility index (Phi) is 4.69. The Labute approximate surface area is 121 Å². The zero-order valence-electron chi connectivity index (χ0n) is 9.83. The van der Waals surface area contributed by atoms with E-state index in [-0.39, 0.29) is 17.5 Å². The highest BCUT2D eigenvalue weighted by Crippen LogP contribution is 2.21. The Morgan fingerprint density at radius 2 is 2.00 bits per heavy atom. The molecule has 0 saturated carbocycles. The summed E-state index contributed by atoms with van der Waals surface area (Å²) >= 11 is 9.51. The van der Waals surface area contributed by atoms with Crippen LogP contribution in [0.1, 0.15) is 18.4 Å². The van der Waals surface area contributed by atoms with Gasteiger partial charge in [-0.05, 0) is 36.6 Å². The summed E-state index contributed by atoms with van der Waals surface area (Å²) in [5.74, 6) is 0.577. The lowest BCUT2D eigenvalue weighted by Gasteiger charge is -2.23. The molecule has 0 unspecified atom stereocenters. The fraction of sp³-hybridized carbons (Fsp3) is 0.500. The second kappa shape index (κ2) is 5.90. The summed E-state index contributed by atoms with van der Waals surface area (Å²) in [4.78, 5) is 0. The third kappa shape index (κ3) is 3.95. The molecule has 1 N–H and O–H groups in total. The highest BCUT2D eigenvalue weighted by atomic mass is 79.9. The predicted octanol–water partition coefficient (Wildman–Crippen LogP) is 2.77. The molecular formula is C12H15BrClNO2S. The Bertz CT molecular complexity index is 519. The number of hydrogen-bond acceptors (Lipinski definition) is 3. The van der Waals surface area contributed by atoms with Crippen LogP contribution in [0.5, 0.6) is 0 Å². The molecule has 1 aliphatic rings. The van der Waals surface area contributed by atoms with Gasteiger partial charge in [-0.2, -0.15) is 0 Å². The van der Waals surface area contributed by atoms with Gasteiger partial charge in [0.2, 0.25) is 0 Å². The van der Waals surface area contributed by atoms with Crippen LogP contribution >= 0.6 is 27.5 Å². The Hall–Kier alpha value is -0.100. The Morgan fingerprint density at radius 1 is 1.33 bits per heavy atom. The van der Waals surface area contributed by atoms with Gasteiger partial charge in [0.15, 0.2) is 0 Å². The van der Waals surface area contributed by atoms with E-state index in [1.807, 2.05) is 18.2 Å². The van der Waals surface area contributed by atoms with Crippen LogP contribution in [-0.4, -0.2) is 26.0 Å². The molecule has 0 atom stereocenters. The van der Waals surface area contributed by atoms with Crippen molar-refractivity contribution in [2.75, 3.05) is 11.5 Å². The molecule has 0 bridgehead atoms. The molecule has 1 aliphatic heterocycles. The fourth-order valence-corrected chi connectivity index (χ4v) is 4.11. The summed E-state index contributed by atoms with van der Waals surface area (Å²) in [6.45, 7) is 0.670. The lowest BCUT2D eigenvalue weighted by Crippen LogP contribution is -2.37. The van der Waals surface area contributed by atoms with E-state index in [1.165, 1.54) is 0 Å². The molecule has 0 aliphatic carbocycles. The summed E-state index contributed by atoms with van der Waals surface area (Å²) in [5, 5.41) is 4.10. The normalized spacial score (nSPS) is 19.9. The third-order valence-corrected chi connectivity index (χ3v) is 5.72. The molecule has 1 saturated heterocycles. The topological polar surface area (TPSA) is 46.2 Å². The molecule has 1 fully saturated rings. The molecule has 6 heteroatoms. The van der Waals surface area contributed by atoms with Gasteiger partial charge in [-0.1, -0.05) is 27.5 Å². The molecule has 0 amide bonds. The molecule has 3 nitrogen and oxygen atoms in total. The molecule has 1 heterocycles. The summed E-state index contributed by atoms with van der Waals surface area (Å²) in [6, 6.07) is 6.01. The number of halogens is 2. The SMILES string of the molecule is O=S1(=O)CCC(NCc2cc(Br)ccc2Cl)CC1. The maximum atomic E-state index is 11.3. The number of sulfone groups is 1. The molecule has 0 spiro atoms. The van der Waals surface area contributed by atoms with E-state index in [0.717, 1.165) is 15.1 Å². The molecule has 1 aromatic carbocycles. The zero-order chi connectivity index (χ0) is 13.2. The summed E-state index contributed by atoms with van der Waals surface area (Å²) < 4.78 is 23.6. The Balaban J connectivity index is 1.90. The standard InChI is InChI=1S/C12H15BrClNO2S/c13-10-1-2-12(14)9(7-10)8-15-11-3-5-18(16,17)6-4-11/h1-2,7,11,15H,3-6,8H2. The van der Waals surface area contributed by atoms with Gasteiger partial charge < -0.3 is 5.32 Å². The number of nitrogens with one attached hydrogen (secondary N) is 1.